The zero-order chi connectivity index (χ0) is 16.4. The largest absolute Gasteiger partial charge is 0.476 e. The SMILES string of the molecule is O=C(c1ccn[nH]1)N1CCC(COc2ccc(C3CC3)nn2)CC1. The molecule has 126 valence electrons. The number of nitrogens with one attached hydrogen (secondary N) is 1. The van der Waals surface area contributed by atoms with E-state index in [0.29, 0.717) is 30.0 Å². The maximum absolute atomic E-state index is 12.2. The average Bonchev–Trinajstić information content (AvgIpc) is 3.34. The number of hydrogen-bond donors (Lipinski definition) is 1. The van der Waals surface area contributed by atoms with Gasteiger partial charge in [0.05, 0.1) is 12.3 Å². The zero-order valence-electron chi connectivity index (χ0n) is 13.5. The molecule has 1 N–H and O–H groups in total. The van der Waals surface area contributed by atoms with E-state index in [-0.39, 0.29) is 5.91 Å². The van der Waals surface area contributed by atoms with Crippen molar-refractivity contribution in [3.8, 4) is 5.88 Å². The molecule has 0 spiro atoms. The summed E-state index contributed by atoms with van der Waals surface area (Å²) in [7, 11) is 0. The lowest BCUT2D eigenvalue weighted by Gasteiger charge is -2.31. The van der Waals surface area contributed by atoms with Crippen LogP contribution in [0.5, 0.6) is 5.88 Å². The Kier molecular flexibility index (Phi) is 4.15. The highest BCUT2D eigenvalue weighted by Gasteiger charge is 2.26. The number of ether oxygens (including phenoxy) is 1. The van der Waals surface area contributed by atoms with Crippen molar-refractivity contribution in [2.24, 2.45) is 5.92 Å². The van der Waals surface area contributed by atoms with Gasteiger partial charge in [-0.05, 0) is 43.7 Å². The smallest absolute Gasteiger partial charge is 0.271 e. The molecule has 7 nitrogen and oxygen atoms in total. The molecule has 1 aliphatic heterocycles. The summed E-state index contributed by atoms with van der Waals surface area (Å²) in [6.07, 6.45) is 5.93. The average molecular weight is 327 g/mol. The van der Waals surface area contributed by atoms with Crippen LogP contribution in [0, 0.1) is 5.92 Å². The maximum Gasteiger partial charge on any atom is 0.271 e. The minimum Gasteiger partial charge on any atom is -0.476 e. The molecule has 2 aromatic rings. The van der Waals surface area contributed by atoms with Gasteiger partial charge in [-0.1, -0.05) is 0 Å². The number of hydrogen-bond acceptors (Lipinski definition) is 5. The fourth-order valence-electron chi connectivity index (χ4n) is 3.06. The molecule has 1 saturated heterocycles. The van der Waals surface area contributed by atoms with Crippen LogP contribution in [0.4, 0.5) is 0 Å². The minimum atomic E-state index is 0.0217. The quantitative estimate of drug-likeness (QED) is 0.908. The first-order valence-corrected chi connectivity index (χ1v) is 8.54. The van der Waals surface area contributed by atoms with Gasteiger partial charge in [-0.15, -0.1) is 5.10 Å². The normalized spacial score (nSPS) is 18.6. The van der Waals surface area contributed by atoms with Crippen LogP contribution >= 0.6 is 0 Å². The third kappa shape index (κ3) is 3.39. The summed E-state index contributed by atoms with van der Waals surface area (Å²) in [6, 6.07) is 5.64. The van der Waals surface area contributed by atoms with Crippen molar-refractivity contribution in [2.75, 3.05) is 19.7 Å². The lowest BCUT2D eigenvalue weighted by Crippen LogP contribution is -2.39. The van der Waals surface area contributed by atoms with Gasteiger partial charge in [-0.2, -0.15) is 10.2 Å². The number of likely N-dealkylation sites (tertiary alicyclic amines) is 1. The highest BCUT2D eigenvalue weighted by molar-refractivity contribution is 5.92. The molecule has 7 heteroatoms. The Morgan fingerprint density at radius 2 is 2.00 bits per heavy atom. The molecule has 0 bridgehead atoms. The van der Waals surface area contributed by atoms with Gasteiger partial charge >= 0.3 is 0 Å². The van der Waals surface area contributed by atoms with Crippen molar-refractivity contribution < 1.29 is 9.53 Å². The molecule has 0 radical (unpaired) electrons. The summed E-state index contributed by atoms with van der Waals surface area (Å²) >= 11 is 0. The van der Waals surface area contributed by atoms with Crippen molar-refractivity contribution >= 4 is 5.91 Å². The van der Waals surface area contributed by atoms with Gasteiger partial charge in [0.1, 0.15) is 5.69 Å². The van der Waals surface area contributed by atoms with Crippen molar-refractivity contribution in [2.45, 2.75) is 31.6 Å². The first kappa shape index (κ1) is 15.1. The minimum absolute atomic E-state index is 0.0217. The predicted molar refractivity (Wildman–Crippen MR) is 86.7 cm³/mol. The van der Waals surface area contributed by atoms with Crippen LogP contribution in [-0.4, -0.2) is 50.9 Å². The molecule has 0 unspecified atom stereocenters. The Labute approximate surface area is 140 Å². The van der Waals surface area contributed by atoms with Crippen molar-refractivity contribution in [3.63, 3.8) is 0 Å². The van der Waals surface area contributed by atoms with Crippen LogP contribution in [0.1, 0.15) is 47.8 Å². The van der Waals surface area contributed by atoms with E-state index in [1.165, 1.54) is 12.8 Å². The third-order valence-corrected chi connectivity index (χ3v) is 4.76. The molecular weight excluding hydrogens is 306 g/mol. The lowest BCUT2D eigenvalue weighted by molar-refractivity contribution is 0.0653. The van der Waals surface area contributed by atoms with Crippen LogP contribution in [-0.2, 0) is 0 Å². The van der Waals surface area contributed by atoms with Crippen molar-refractivity contribution in [3.05, 3.63) is 35.8 Å². The molecule has 3 heterocycles. The molecule has 2 fully saturated rings. The molecule has 0 atom stereocenters. The molecule has 1 saturated carbocycles. The number of aromatic nitrogens is 4. The van der Waals surface area contributed by atoms with E-state index in [1.807, 2.05) is 17.0 Å². The summed E-state index contributed by atoms with van der Waals surface area (Å²) < 4.78 is 5.78. The van der Waals surface area contributed by atoms with Gasteiger partial charge < -0.3 is 9.64 Å². The van der Waals surface area contributed by atoms with Gasteiger partial charge in [-0.3, -0.25) is 9.89 Å². The van der Waals surface area contributed by atoms with Crippen LogP contribution in [0.3, 0.4) is 0 Å². The molecule has 0 aromatic carbocycles. The van der Waals surface area contributed by atoms with Gasteiger partial charge in [0.2, 0.25) is 5.88 Å². The second-order valence-electron chi connectivity index (χ2n) is 6.59. The molecule has 1 amide bonds. The van der Waals surface area contributed by atoms with Gasteiger partial charge in [0.15, 0.2) is 0 Å². The van der Waals surface area contributed by atoms with E-state index in [1.54, 1.807) is 12.3 Å². The van der Waals surface area contributed by atoms with Crippen LogP contribution in [0.2, 0.25) is 0 Å². The van der Waals surface area contributed by atoms with Gasteiger partial charge in [-0.25, -0.2) is 0 Å². The van der Waals surface area contributed by atoms with Crippen LogP contribution in [0.25, 0.3) is 0 Å². The summed E-state index contributed by atoms with van der Waals surface area (Å²) in [6.45, 7) is 2.12. The number of nitrogens with zero attached hydrogens (tertiary/aromatic N) is 4. The lowest BCUT2D eigenvalue weighted by atomic mass is 9.97. The molecular formula is C17H21N5O2. The first-order valence-electron chi connectivity index (χ1n) is 8.54. The predicted octanol–water partition coefficient (Wildman–Crippen LogP) is 2.01. The topological polar surface area (TPSA) is 84.0 Å². The molecule has 2 aromatic heterocycles. The maximum atomic E-state index is 12.2. The fraction of sp³-hybridized carbons (Fsp3) is 0.529. The first-order chi connectivity index (χ1) is 11.8. The van der Waals surface area contributed by atoms with Crippen molar-refractivity contribution in [1.82, 2.24) is 25.3 Å². The van der Waals surface area contributed by atoms with Crippen molar-refractivity contribution in [1.29, 1.82) is 0 Å². The van der Waals surface area contributed by atoms with E-state index in [9.17, 15) is 4.79 Å². The zero-order valence-corrected chi connectivity index (χ0v) is 13.5. The van der Waals surface area contributed by atoms with E-state index in [2.05, 4.69) is 20.4 Å². The fourth-order valence-corrected chi connectivity index (χ4v) is 3.06. The molecule has 4 rings (SSSR count). The molecule has 24 heavy (non-hydrogen) atoms. The third-order valence-electron chi connectivity index (χ3n) is 4.76. The number of carbonyl (C=O) groups excluding carboxylic acids is 1. The Bertz CT molecular complexity index is 674. The Hall–Kier alpha value is -2.44. The van der Waals surface area contributed by atoms with Gasteiger partial charge in [0, 0.05) is 31.3 Å². The van der Waals surface area contributed by atoms with E-state index in [0.717, 1.165) is 31.6 Å². The number of rotatable bonds is 5. The standard InChI is InChI=1S/C17H21N5O2/c23-17(15-5-8-18-19-15)22-9-6-12(7-10-22)11-24-16-4-3-14(20-21-16)13-1-2-13/h3-5,8,12-13H,1-2,6-7,9-11H2,(H,18,19). The number of amides is 1. The summed E-state index contributed by atoms with van der Waals surface area (Å²) in [4.78, 5) is 14.1. The summed E-state index contributed by atoms with van der Waals surface area (Å²) in [5.74, 6) is 1.67. The summed E-state index contributed by atoms with van der Waals surface area (Å²) in [5, 5.41) is 14.9. The highest BCUT2D eigenvalue weighted by Crippen LogP contribution is 2.38. The highest BCUT2D eigenvalue weighted by atomic mass is 16.5. The number of H-pyrrole nitrogens is 1. The van der Waals surface area contributed by atoms with Gasteiger partial charge in [0.25, 0.3) is 5.91 Å². The number of piperidine rings is 1. The number of carbonyl (C=O) groups is 1. The molecule has 2 aliphatic rings. The van der Waals surface area contributed by atoms with E-state index < -0.39 is 0 Å². The summed E-state index contributed by atoms with van der Waals surface area (Å²) in [5.41, 5.74) is 1.63. The van der Waals surface area contributed by atoms with Crippen LogP contribution in [0.15, 0.2) is 24.4 Å². The Balaban J connectivity index is 1.23. The second kappa shape index (κ2) is 6.59. The second-order valence-corrected chi connectivity index (χ2v) is 6.59. The Morgan fingerprint density at radius 3 is 2.62 bits per heavy atom. The van der Waals surface area contributed by atoms with E-state index in [4.69, 9.17) is 4.74 Å². The number of aromatic amines is 1. The van der Waals surface area contributed by atoms with E-state index >= 15 is 0 Å². The van der Waals surface area contributed by atoms with Crippen LogP contribution < -0.4 is 4.74 Å². The molecule has 1 aliphatic carbocycles. The Morgan fingerprint density at radius 1 is 1.17 bits per heavy atom. The monoisotopic (exact) mass is 327 g/mol.